The van der Waals surface area contributed by atoms with Gasteiger partial charge in [0.25, 0.3) is 5.56 Å². The van der Waals surface area contributed by atoms with Crippen LogP contribution in [0.5, 0.6) is 0 Å². The van der Waals surface area contributed by atoms with Crippen LogP contribution >= 0.6 is 11.6 Å². The van der Waals surface area contributed by atoms with Crippen molar-refractivity contribution in [1.82, 2.24) is 14.8 Å². The summed E-state index contributed by atoms with van der Waals surface area (Å²) in [7, 11) is 1.67. The molecule has 0 atom stereocenters. The molecule has 0 aliphatic carbocycles. The van der Waals surface area contributed by atoms with Crippen LogP contribution in [0.15, 0.2) is 64.4 Å². The van der Waals surface area contributed by atoms with E-state index in [1.54, 1.807) is 43.6 Å². The summed E-state index contributed by atoms with van der Waals surface area (Å²) in [5.41, 5.74) is 9.88. The Kier molecular flexibility index (Phi) is 5.68. The van der Waals surface area contributed by atoms with Gasteiger partial charge < -0.3 is 11.1 Å². The smallest absolute Gasteiger partial charge is 0.281 e. The summed E-state index contributed by atoms with van der Waals surface area (Å²) >= 11 is 6.07. The first-order valence-electron chi connectivity index (χ1n) is 9.77. The number of nitrogen functional groups attached to an aromatic ring is 1. The Morgan fingerprint density at radius 1 is 1.16 bits per heavy atom. The SMILES string of the molecule is CCNc1ccc2nn(-c3ccc(N)c(C=NC)c3)c(=O)c(-c3ccc(Cl)cc3)c2n1. The Labute approximate surface area is 184 Å². The molecule has 4 rings (SSSR count). The second-order valence-electron chi connectivity index (χ2n) is 6.89. The second kappa shape index (κ2) is 8.57. The lowest BCUT2D eigenvalue weighted by atomic mass is 10.1. The molecule has 0 radical (unpaired) electrons. The Morgan fingerprint density at radius 2 is 1.94 bits per heavy atom. The minimum Gasteiger partial charge on any atom is -0.398 e. The molecule has 7 nitrogen and oxygen atoms in total. The molecule has 0 aliphatic rings. The van der Waals surface area contributed by atoms with Gasteiger partial charge >= 0.3 is 0 Å². The molecule has 4 aromatic rings. The van der Waals surface area contributed by atoms with Gasteiger partial charge in [-0.3, -0.25) is 9.79 Å². The van der Waals surface area contributed by atoms with Crippen molar-refractivity contribution in [3.63, 3.8) is 0 Å². The third kappa shape index (κ3) is 4.00. The van der Waals surface area contributed by atoms with Gasteiger partial charge in [-0.25, -0.2) is 4.98 Å². The van der Waals surface area contributed by atoms with E-state index in [2.05, 4.69) is 20.4 Å². The zero-order valence-corrected chi connectivity index (χ0v) is 17.9. The first-order chi connectivity index (χ1) is 15.0. The molecular weight excluding hydrogens is 412 g/mol. The lowest BCUT2D eigenvalue weighted by Gasteiger charge is -2.13. The first kappa shape index (κ1) is 20.6. The lowest BCUT2D eigenvalue weighted by Crippen LogP contribution is -2.24. The molecule has 0 bridgehead atoms. The number of hydrogen-bond donors (Lipinski definition) is 2. The fourth-order valence-electron chi connectivity index (χ4n) is 3.35. The molecule has 2 aromatic carbocycles. The van der Waals surface area contributed by atoms with Crippen LogP contribution in [0.2, 0.25) is 5.02 Å². The molecule has 0 saturated carbocycles. The number of fused-ring (bicyclic) bond motifs is 1. The topological polar surface area (TPSA) is 98.2 Å². The minimum atomic E-state index is -0.292. The molecule has 0 spiro atoms. The van der Waals surface area contributed by atoms with Crippen molar-refractivity contribution < 1.29 is 0 Å². The normalized spacial score (nSPS) is 11.3. The zero-order valence-electron chi connectivity index (χ0n) is 17.1. The van der Waals surface area contributed by atoms with Crippen molar-refractivity contribution in [2.75, 3.05) is 24.6 Å². The highest BCUT2D eigenvalue weighted by molar-refractivity contribution is 6.30. The molecule has 0 fully saturated rings. The van der Waals surface area contributed by atoms with Crippen molar-refractivity contribution in [1.29, 1.82) is 0 Å². The molecule has 0 saturated heterocycles. The van der Waals surface area contributed by atoms with Gasteiger partial charge in [0.15, 0.2) is 0 Å². The molecule has 156 valence electrons. The number of nitrogens with two attached hydrogens (primary N) is 1. The number of aromatic nitrogens is 3. The van der Waals surface area contributed by atoms with Crippen LogP contribution in [0.4, 0.5) is 11.5 Å². The highest BCUT2D eigenvalue weighted by atomic mass is 35.5. The monoisotopic (exact) mass is 432 g/mol. The summed E-state index contributed by atoms with van der Waals surface area (Å²) in [6.07, 6.45) is 1.65. The maximum atomic E-state index is 13.6. The van der Waals surface area contributed by atoms with E-state index in [0.717, 1.165) is 0 Å². The molecular formula is C23H21ClN6O. The van der Waals surface area contributed by atoms with Crippen LogP contribution in [-0.2, 0) is 0 Å². The van der Waals surface area contributed by atoms with Gasteiger partial charge in [0.1, 0.15) is 16.9 Å². The lowest BCUT2D eigenvalue weighted by molar-refractivity contribution is 0.832. The number of anilines is 2. The summed E-state index contributed by atoms with van der Waals surface area (Å²) in [6.45, 7) is 2.70. The van der Waals surface area contributed by atoms with Crippen LogP contribution in [0.25, 0.3) is 27.8 Å². The van der Waals surface area contributed by atoms with Gasteiger partial charge in [-0.05, 0) is 55.0 Å². The molecule has 0 unspecified atom stereocenters. The number of halogens is 1. The molecule has 8 heteroatoms. The predicted molar refractivity (Wildman–Crippen MR) is 128 cm³/mol. The second-order valence-corrected chi connectivity index (χ2v) is 7.33. The van der Waals surface area contributed by atoms with Gasteiger partial charge in [-0.15, -0.1) is 0 Å². The fraction of sp³-hybridized carbons (Fsp3) is 0.130. The van der Waals surface area contributed by atoms with E-state index < -0.39 is 0 Å². The fourth-order valence-corrected chi connectivity index (χ4v) is 3.48. The van der Waals surface area contributed by atoms with Crippen LogP contribution in [-0.4, -0.2) is 34.6 Å². The number of nitrogens with zero attached hydrogens (tertiary/aromatic N) is 4. The number of hydrogen-bond acceptors (Lipinski definition) is 6. The number of benzene rings is 2. The van der Waals surface area contributed by atoms with Gasteiger partial charge in [0.05, 0.1) is 11.3 Å². The van der Waals surface area contributed by atoms with Crippen LogP contribution in [0.3, 0.4) is 0 Å². The average Bonchev–Trinajstić information content (AvgIpc) is 2.76. The van der Waals surface area contributed by atoms with E-state index >= 15 is 0 Å². The standard InChI is InChI=1S/C23H21ClN6O/c1-3-27-20-11-10-19-22(28-20)21(14-4-6-16(24)7-5-14)23(31)30(29-19)17-8-9-18(25)15(12-17)13-26-2/h4-13H,3,25H2,1-2H3,(H,27,28). The summed E-state index contributed by atoms with van der Waals surface area (Å²) < 4.78 is 1.37. The summed E-state index contributed by atoms with van der Waals surface area (Å²) in [4.78, 5) is 22.3. The highest BCUT2D eigenvalue weighted by Gasteiger charge is 2.17. The Balaban J connectivity index is 2.03. The molecule has 3 N–H and O–H groups in total. The minimum absolute atomic E-state index is 0.292. The van der Waals surface area contributed by atoms with Crippen molar-refractivity contribution in [3.05, 3.63) is 75.5 Å². The van der Waals surface area contributed by atoms with E-state index in [9.17, 15) is 4.79 Å². The average molecular weight is 433 g/mol. The molecule has 0 amide bonds. The number of aliphatic imine (C=N–C) groups is 1. The summed E-state index contributed by atoms with van der Waals surface area (Å²) in [5, 5.41) is 8.36. The van der Waals surface area contributed by atoms with Crippen LogP contribution in [0, 0.1) is 0 Å². The maximum Gasteiger partial charge on any atom is 0.281 e. The van der Waals surface area contributed by atoms with Crippen molar-refractivity contribution in [3.8, 4) is 16.8 Å². The van der Waals surface area contributed by atoms with Gasteiger partial charge in [-0.1, -0.05) is 23.7 Å². The van der Waals surface area contributed by atoms with E-state index in [0.29, 0.717) is 56.5 Å². The van der Waals surface area contributed by atoms with E-state index in [1.165, 1.54) is 4.68 Å². The van der Waals surface area contributed by atoms with Gasteiger partial charge in [-0.2, -0.15) is 9.78 Å². The van der Waals surface area contributed by atoms with Crippen LogP contribution < -0.4 is 16.6 Å². The van der Waals surface area contributed by atoms with Crippen molar-refractivity contribution in [2.45, 2.75) is 6.92 Å². The molecule has 2 aromatic heterocycles. The van der Waals surface area contributed by atoms with Gasteiger partial charge in [0, 0.05) is 36.1 Å². The van der Waals surface area contributed by atoms with Crippen molar-refractivity contribution >= 4 is 40.4 Å². The Bertz CT molecular complexity index is 1350. The maximum absolute atomic E-state index is 13.6. The number of rotatable bonds is 5. The third-order valence-corrected chi connectivity index (χ3v) is 5.05. The Morgan fingerprint density at radius 3 is 2.65 bits per heavy atom. The molecule has 0 aliphatic heterocycles. The summed E-state index contributed by atoms with van der Waals surface area (Å²) in [6, 6.07) is 16.1. The molecule has 31 heavy (non-hydrogen) atoms. The third-order valence-electron chi connectivity index (χ3n) is 4.80. The highest BCUT2D eigenvalue weighted by Crippen LogP contribution is 2.26. The van der Waals surface area contributed by atoms with Crippen LogP contribution in [0.1, 0.15) is 12.5 Å². The zero-order chi connectivity index (χ0) is 22.0. The largest absolute Gasteiger partial charge is 0.398 e. The Hall–Kier alpha value is -3.71. The van der Waals surface area contributed by atoms with E-state index in [-0.39, 0.29) is 5.56 Å². The number of nitrogens with one attached hydrogen (secondary N) is 1. The quantitative estimate of drug-likeness (QED) is 0.364. The predicted octanol–water partition coefficient (Wildman–Crippen LogP) is 4.16. The van der Waals surface area contributed by atoms with E-state index in [1.807, 2.05) is 31.2 Å². The summed E-state index contributed by atoms with van der Waals surface area (Å²) in [5.74, 6) is 0.679. The van der Waals surface area contributed by atoms with Crippen molar-refractivity contribution in [2.24, 2.45) is 4.99 Å². The number of pyridine rings is 1. The van der Waals surface area contributed by atoms with Gasteiger partial charge in [0.2, 0.25) is 0 Å². The van der Waals surface area contributed by atoms with E-state index in [4.69, 9.17) is 17.3 Å². The first-order valence-corrected chi connectivity index (χ1v) is 10.2. The molecule has 2 heterocycles.